The lowest BCUT2D eigenvalue weighted by Gasteiger charge is -2.21. The van der Waals surface area contributed by atoms with Crippen molar-refractivity contribution in [1.29, 1.82) is 0 Å². The van der Waals surface area contributed by atoms with E-state index in [4.69, 9.17) is 0 Å². The molecule has 1 aromatic carbocycles. The molecule has 0 spiro atoms. The van der Waals surface area contributed by atoms with Crippen LogP contribution in [0.15, 0.2) is 29.1 Å². The minimum atomic E-state index is -0.186. The van der Waals surface area contributed by atoms with Gasteiger partial charge >= 0.3 is 5.69 Å². The highest BCUT2D eigenvalue weighted by Crippen LogP contribution is 2.27. The van der Waals surface area contributed by atoms with Crippen LogP contribution in [0.5, 0.6) is 0 Å². The summed E-state index contributed by atoms with van der Waals surface area (Å²) in [6.45, 7) is 5.04. The van der Waals surface area contributed by atoms with E-state index in [9.17, 15) is 9.59 Å². The van der Waals surface area contributed by atoms with Gasteiger partial charge in [-0.25, -0.2) is 9.48 Å². The molecular weight excluding hydrogens is 330 g/mol. The normalized spacial score (nSPS) is 19.6. The predicted molar refractivity (Wildman–Crippen MR) is 99.5 cm³/mol. The summed E-state index contributed by atoms with van der Waals surface area (Å²) >= 11 is 0. The van der Waals surface area contributed by atoms with E-state index in [0.717, 1.165) is 43.9 Å². The second-order valence-corrected chi connectivity index (χ2v) is 7.01. The number of fused-ring (bicyclic) bond motifs is 1. The summed E-state index contributed by atoms with van der Waals surface area (Å²) < 4.78 is 3.06. The molecule has 1 amide bonds. The highest BCUT2D eigenvalue weighted by molar-refractivity contribution is 5.95. The van der Waals surface area contributed by atoms with Crippen molar-refractivity contribution in [3.05, 3.63) is 46.1 Å². The van der Waals surface area contributed by atoms with Crippen molar-refractivity contribution in [3.63, 3.8) is 0 Å². The molecule has 1 N–H and O–H groups in total. The van der Waals surface area contributed by atoms with Gasteiger partial charge in [-0.2, -0.15) is 5.10 Å². The fraction of sp³-hybridized carbons (Fsp3) is 0.526. The third-order valence-electron chi connectivity index (χ3n) is 5.40. The van der Waals surface area contributed by atoms with E-state index in [-0.39, 0.29) is 24.1 Å². The van der Waals surface area contributed by atoms with E-state index < -0.39 is 0 Å². The van der Waals surface area contributed by atoms with E-state index in [1.54, 1.807) is 9.47 Å². The van der Waals surface area contributed by atoms with Crippen LogP contribution in [0.1, 0.15) is 37.1 Å². The molecule has 1 fully saturated rings. The maximum absolute atomic E-state index is 12.8. The number of hydrogen-bond acceptors (Lipinski definition) is 4. The van der Waals surface area contributed by atoms with Gasteiger partial charge in [0, 0.05) is 31.2 Å². The first-order chi connectivity index (χ1) is 12.7. The van der Waals surface area contributed by atoms with Crippen molar-refractivity contribution in [2.24, 2.45) is 0 Å². The second kappa shape index (κ2) is 7.07. The molecule has 0 radical (unpaired) electrons. The molecule has 0 unspecified atom stereocenters. The number of hydrogen-bond donors (Lipinski definition) is 1. The Labute approximate surface area is 152 Å². The number of benzene rings is 1. The van der Waals surface area contributed by atoms with E-state index in [1.165, 1.54) is 10.2 Å². The van der Waals surface area contributed by atoms with Crippen LogP contribution in [0.4, 0.5) is 5.69 Å². The summed E-state index contributed by atoms with van der Waals surface area (Å²) in [5.41, 5.74) is 1.95. The molecule has 2 aliphatic rings. The summed E-state index contributed by atoms with van der Waals surface area (Å²) in [4.78, 5) is 27.3. The van der Waals surface area contributed by atoms with Gasteiger partial charge in [0.1, 0.15) is 12.4 Å². The van der Waals surface area contributed by atoms with Crippen molar-refractivity contribution in [2.75, 3.05) is 24.5 Å². The molecular formula is C19H25N5O2. The van der Waals surface area contributed by atoms with Gasteiger partial charge in [-0.3, -0.25) is 9.36 Å². The van der Waals surface area contributed by atoms with Crippen LogP contribution in [0.2, 0.25) is 0 Å². The van der Waals surface area contributed by atoms with Gasteiger partial charge in [0.25, 0.3) is 0 Å². The number of piperidine rings is 1. The van der Waals surface area contributed by atoms with Gasteiger partial charge in [-0.1, -0.05) is 18.2 Å². The van der Waals surface area contributed by atoms with Crippen LogP contribution in [0.3, 0.4) is 0 Å². The maximum Gasteiger partial charge on any atom is 0.346 e. The molecule has 0 saturated carbocycles. The lowest BCUT2D eigenvalue weighted by molar-refractivity contribution is -0.119. The first kappa shape index (κ1) is 17.0. The Bertz CT molecular complexity index is 863. The molecule has 2 aromatic rings. The molecule has 1 atom stereocenters. The molecule has 2 aliphatic heterocycles. The fourth-order valence-corrected chi connectivity index (χ4v) is 4.04. The van der Waals surface area contributed by atoms with Crippen molar-refractivity contribution >= 4 is 11.6 Å². The molecule has 138 valence electrons. The van der Waals surface area contributed by atoms with Crippen molar-refractivity contribution in [2.45, 2.75) is 45.2 Å². The van der Waals surface area contributed by atoms with Gasteiger partial charge in [0.2, 0.25) is 5.91 Å². The Morgan fingerprint density at radius 1 is 1.35 bits per heavy atom. The van der Waals surface area contributed by atoms with Gasteiger partial charge in [-0.05, 0) is 44.4 Å². The van der Waals surface area contributed by atoms with Crippen LogP contribution >= 0.6 is 0 Å². The first-order valence-electron chi connectivity index (χ1n) is 9.45. The average molecular weight is 355 g/mol. The number of anilines is 1. The second-order valence-electron chi connectivity index (χ2n) is 7.01. The molecule has 4 rings (SSSR count). The number of aromatic nitrogens is 3. The molecule has 26 heavy (non-hydrogen) atoms. The first-order valence-corrected chi connectivity index (χ1v) is 9.45. The number of rotatable bonds is 4. The molecule has 0 aliphatic carbocycles. The van der Waals surface area contributed by atoms with Crippen LogP contribution in [0, 0.1) is 0 Å². The van der Waals surface area contributed by atoms with Crippen LogP contribution in [0.25, 0.3) is 0 Å². The SMILES string of the molecule is CCn1c([C@H]2CCCNC2)nn(CC(=O)N2CCc3ccccc32)c1=O. The number of nitrogens with zero attached hydrogens (tertiary/aromatic N) is 4. The highest BCUT2D eigenvalue weighted by Gasteiger charge is 2.27. The summed E-state index contributed by atoms with van der Waals surface area (Å²) in [6.07, 6.45) is 2.97. The summed E-state index contributed by atoms with van der Waals surface area (Å²) in [7, 11) is 0. The molecule has 3 heterocycles. The lowest BCUT2D eigenvalue weighted by Crippen LogP contribution is -2.36. The monoisotopic (exact) mass is 355 g/mol. The summed E-state index contributed by atoms with van der Waals surface area (Å²) in [5.74, 6) is 0.964. The number of para-hydroxylation sites is 1. The van der Waals surface area contributed by atoms with Crippen molar-refractivity contribution in [1.82, 2.24) is 19.7 Å². The quantitative estimate of drug-likeness (QED) is 0.892. The largest absolute Gasteiger partial charge is 0.346 e. The van der Waals surface area contributed by atoms with Crippen LogP contribution in [-0.2, 0) is 24.3 Å². The van der Waals surface area contributed by atoms with E-state index >= 15 is 0 Å². The zero-order valence-electron chi connectivity index (χ0n) is 15.1. The number of nitrogens with one attached hydrogen (secondary N) is 1. The topological polar surface area (TPSA) is 72.2 Å². The minimum Gasteiger partial charge on any atom is -0.316 e. The molecule has 7 heteroatoms. The third kappa shape index (κ3) is 2.96. The Kier molecular flexibility index (Phi) is 4.63. The third-order valence-corrected chi connectivity index (χ3v) is 5.40. The molecule has 1 saturated heterocycles. The average Bonchev–Trinajstić information content (AvgIpc) is 3.24. The molecule has 7 nitrogen and oxygen atoms in total. The van der Waals surface area contributed by atoms with Crippen molar-refractivity contribution in [3.8, 4) is 0 Å². The number of carbonyl (C=O) groups excluding carboxylic acids is 1. The smallest absolute Gasteiger partial charge is 0.316 e. The molecule has 0 bridgehead atoms. The lowest BCUT2D eigenvalue weighted by atomic mass is 9.99. The van der Waals surface area contributed by atoms with E-state index in [0.29, 0.717) is 13.1 Å². The van der Waals surface area contributed by atoms with Crippen LogP contribution in [-0.4, -0.2) is 39.9 Å². The van der Waals surface area contributed by atoms with E-state index in [1.807, 2.05) is 25.1 Å². The minimum absolute atomic E-state index is 0.00663. The van der Waals surface area contributed by atoms with Gasteiger partial charge in [0.05, 0.1) is 0 Å². The van der Waals surface area contributed by atoms with Crippen LogP contribution < -0.4 is 15.9 Å². The van der Waals surface area contributed by atoms with Crippen molar-refractivity contribution < 1.29 is 4.79 Å². The maximum atomic E-state index is 12.8. The Balaban J connectivity index is 1.58. The number of carbonyl (C=O) groups is 1. The van der Waals surface area contributed by atoms with Gasteiger partial charge < -0.3 is 10.2 Å². The van der Waals surface area contributed by atoms with Gasteiger partial charge in [0.15, 0.2) is 0 Å². The number of amides is 1. The molecule has 1 aromatic heterocycles. The summed E-state index contributed by atoms with van der Waals surface area (Å²) in [6, 6.07) is 7.95. The Hall–Kier alpha value is -2.41. The highest BCUT2D eigenvalue weighted by atomic mass is 16.2. The predicted octanol–water partition coefficient (Wildman–Crippen LogP) is 1.12. The fourth-order valence-electron chi connectivity index (χ4n) is 4.04. The summed E-state index contributed by atoms with van der Waals surface area (Å²) in [5, 5.41) is 7.92. The zero-order chi connectivity index (χ0) is 18.1. The standard InChI is InChI=1S/C19H25N5O2/c1-2-22-18(15-7-5-10-20-12-15)21-24(19(22)26)13-17(25)23-11-9-14-6-3-4-8-16(14)23/h3-4,6,8,15,20H,2,5,7,9-13H2,1H3/t15-/m0/s1. The van der Waals surface area contributed by atoms with E-state index in [2.05, 4.69) is 16.5 Å². The Morgan fingerprint density at radius 2 is 2.19 bits per heavy atom. The van der Waals surface area contributed by atoms with Gasteiger partial charge in [-0.15, -0.1) is 0 Å². The Morgan fingerprint density at radius 3 is 2.96 bits per heavy atom. The zero-order valence-corrected chi connectivity index (χ0v) is 15.1.